The number of rotatable bonds is 20. The van der Waals surface area contributed by atoms with Crippen molar-refractivity contribution in [2.24, 2.45) is 5.73 Å². The maximum Gasteiger partial charge on any atom is 0.303 e. The lowest BCUT2D eigenvalue weighted by atomic mass is 10.1. The van der Waals surface area contributed by atoms with Gasteiger partial charge in [0.05, 0.1) is 12.2 Å². The number of carboxylic acids is 1. The Balaban J connectivity index is 0. The summed E-state index contributed by atoms with van der Waals surface area (Å²) in [5.74, 6) is -0.689. The Morgan fingerprint density at radius 3 is 1.93 bits per heavy atom. The highest BCUT2D eigenvalue weighted by atomic mass is 16.4. The Labute approximate surface area is 186 Å². The predicted molar refractivity (Wildman–Crippen MR) is 128 cm³/mol. The van der Waals surface area contributed by atoms with E-state index in [4.69, 9.17) is 15.9 Å². The monoisotopic (exact) mass is 429 g/mol. The average Bonchev–Trinajstić information content (AvgIpc) is 2.73. The molecule has 0 radical (unpaired) electrons. The number of aliphatic hydroxyl groups is 2. The van der Waals surface area contributed by atoms with E-state index in [2.05, 4.69) is 26.0 Å². The zero-order valence-electron chi connectivity index (χ0n) is 19.9. The normalized spacial score (nSPS) is 13.1. The number of hydrogen-bond donors (Lipinski definition) is 4. The Bertz CT molecular complexity index is 374. The second kappa shape index (κ2) is 26.1. The summed E-state index contributed by atoms with van der Waals surface area (Å²) in [6.45, 7) is 4.75. The quantitative estimate of drug-likeness (QED) is 0.141. The number of nitrogens with two attached hydrogens (primary N) is 1. The van der Waals surface area contributed by atoms with Gasteiger partial charge in [0, 0.05) is 13.0 Å². The Morgan fingerprint density at radius 2 is 1.30 bits per heavy atom. The van der Waals surface area contributed by atoms with Crippen LogP contribution in [-0.2, 0) is 4.79 Å². The van der Waals surface area contributed by atoms with E-state index in [1.807, 2.05) is 0 Å². The molecule has 0 bridgehead atoms. The van der Waals surface area contributed by atoms with Crippen LogP contribution in [0.25, 0.3) is 0 Å². The first-order chi connectivity index (χ1) is 14.5. The molecule has 0 fully saturated rings. The summed E-state index contributed by atoms with van der Waals surface area (Å²) in [5.41, 5.74) is 5.20. The first-order valence-electron chi connectivity index (χ1n) is 12.4. The molecular formula is C25H51NO4. The molecule has 0 saturated carbocycles. The van der Waals surface area contributed by atoms with Crippen molar-refractivity contribution in [3.05, 3.63) is 12.2 Å². The molecule has 2 atom stereocenters. The zero-order valence-corrected chi connectivity index (χ0v) is 19.9. The van der Waals surface area contributed by atoms with Gasteiger partial charge < -0.3 is 21.1 Å². The minimum atomic E-state index is -0.689. The summed E-state index contributed by atoms with van der Waals surface area (Å²) in [7, 11) is 0. The second-order valence-electron chi connectivity index (χ2n) is 8.30. The van der Waals surface area contributed by atoms with Gasteiger partial charge in [0.2, 0.25) is 0 Å². The van der Waals surface area contributed by atoms with E-state index in [0.29, 0.717) is 13.0 Å². The van der Waals surface area contributed by atoms with Gasteiger partial charge in [-0.2, -0.15) is 0 Å². The van der Waals surface area contributed by atoms with Crippen molar-refractivity contribution < 1.29 is 20.1 Å². The highest BCUT2D eigenvalue weighted by Crippen LogP contribution is 2.10. The summed E-state index contributed by atoms with van der Waals surface area (Å²) < 4.78 is 0. The Kier molecular flexibility index (Phi) is 27.2. The van der Waals surface area contributed by atoms with Crippen molar-refractivity contribution in [3.8, 4) is 0 Å². The molecule has 2 unspecified atom stereocenters. The number of carbonyl (C=O) groups is 1. The SMILES string of the molecule is CCCCCC(O)CN.CCCCCCC(O)C/C=C\CCCCCCCC(=O)O. The molecule has 5 heteroatoms. The summed E-state index contributed by atoms with van der Waals surface area (Å²) in [5, 5.41) is 27.3. The minimum absolute atomic E-state index is 0.172. The minimum Gasteiger partial charge on any atom is -0.481 e. The van der Waals surface area contributed by atoms with E-state index in [1.165, 1.54) is 38.5 Å². The van der Waals surface area contributed by atoms with E-state index in [-0.39, 0.29) is 12.2 Å². The molecule has 0 heterocycles. The van der Waals surface area contributed by atoms with Gasteiger partial charge in [0.15, 0.2) is 0 Å². The summed E-state index contributed by atoms with van der Waals surface area (Å²) in [6.07, 6.45) is 21.5. The van der Waals surface area contributed by atoms with E-state index >= 15 is 0 Å². The maximum absolute atomic E-state index is 10.3. The summed E-state index contributed by atoms with van der Waals surface area (Å²) in [4.78, 5) is 10.3. The molecule has 0 aliphatic heterocycles. The van der Waals surface area contributed by atoms with Crippen LogP contribution in [0.15, 0.2) is 12.2 Å². The smallest absolute Gasteiger partial charge is 0.303 e. The van der Waals surface area contributed by atoms with Crippen molar-refractivity contribution >= 4 is 5.97 Å². The molecule has 0 rings (SSSR count). The third kappa shape index (κ3) is 29.3. The van der Waals surface area contributed by atoms with Gasteiger partial charge in [0.1, 0.15) is 0 Å². The largest absolute Gasteiger partial charge is 0.481 e. The van der Waals surface area contributed by atoms with Crippen molar-refractivity contribution in [2.75, 3.05) is 6.54 Å². The molecule has 0 amide bonds. The molecule has 0 saturated heterocycles. The van der Waals surface area contributed by atoms with E-state index in [9.17, 15) is 9.90 Å². The molecular weight excluding hydrogens is 378 g/mol. The number of allylic oxidation sites excluding steroid dienone is 1. The van der Waals surface area contributed by atoms with Crippen LogP contribution in [0.3, 0.4) is 0 Å². The fourth-order valence-electron chi connectivity index (χ4n) is 3.11. The fourth-order valence-corrected chi connectivity index (χ4v) is 3.11. The van der Waals surface area contributed by atoms with Crippen LogP contribution < -0.4 is 5.73 Å². The van der Waals surface area contributed by atoms with Gasteiger partial charge in [-0.3, -0.25) is 4.79 Å². The molecule has 0 aliphatic carbocycles. The van der Waals surface area contributed by atoms with Crippen molar-refractivity contribution in [2.45, 2.75) is 135 Å². The number of carboxylic acid groups (broad SMARTS) is 1. The van der Waals surface area contributed by atoms with Crippen molar-refractivity contribution in [1.29, 1.82) is 0 Å². The van der Waals surface area contributed by atoms with Gasteiger partial charge in [-0.25, -0.2) is 0 Å². The van der Waals surface area contributed by atoms with Gasteiger partial charge >= 0.3 is 5.97 Å². The number of hydrogen-bond acceptors (Lipinski definition) is 4. The third-order valence-corrected chi connectivity index (χ3v) is 5.14. The van der Waals surface area contributed by atoms with E-state index in [0.717, 1.165) is 64.2 Å². The van der Waals surface area contributed by atoms with Crippen molar-refractivity contribution in [1.82, 2.24) is 0 Å². The van der Waals surface area contributed by atoms with Crippen LogP contribution in [0.4, 0.5) is 0 Å². The Morgan fingerprint density at radius 1 is 0.767 bits per heavy atom. The molecule has 5 N–H and O–H groups in total. The predicted octanol–water partition coefficient (Wildman–Crippen LogP) is 5.97. The topological polar surface area (TPSA) is 104 Å². The van der Waals surface area contributed by atoms with E-state index in [1.54, 1.807) is 0 Å². The molecule has 0 aromatic rings. The summed E-state index contributed by atoms with van der Waals surface area (Å²) >= 11 is 0. The lowest BCUT2D eigenvalue weighted by Gasteiger charge is -2.07. The van der Waals surface area contributed by atoms with Crippen LogP contribution in [-0.4, -0.2) is 40.0 Å². The van der Waals surface area contributed by atoms with Crippen LogP contribution in [0, 0.1) is 0 Å². The molecule has 0 spiro atoms. The summed E-state index contributed by atoms with van der Waals surface area (Å²) in [6, 6.07) is 0. The zero-order chi connectivity index (χ0) is 22.9. The van der Waals surface area contributed by atoms with Crippen LogP contribution in [0.5, 0.6) is 0 Å². The third-order valence-electron chi connectivity index (χ3n) is 5.14. The lowest BCUT2D eigenvalue weighted by Crippen LogP contribution is -2.19. The number of aliphatic hydroxyl groups excluding tert-OH is 2. The van der Waals surface area contributed by atoms with Gasteiger partial charge in [-0.15, -0.1) is 0 Å². The molecule has 0 aromatic carbocycles. The molecule has 5 nitrogen and oxygen atoms in total. The lowest BCUT2D eigenvalue weighted by molar-refractivity contribution is -0.137. The number of unbranched alkanes of at least 4 members (excludes halogenated alkanes) is 10. The maximum atomic E-state index is 10.3. The van der Waals surface area contributed by atoms with Crippen LogP contribution in [0.2, 0.25) is 0 Å². The number of aliphatic carboxylic acids is 1. The molecule has 30 heavy (non-hydrogen) atoms. The Hall–Kier alpha value is -0.910. The molecule has 0 aromatic heterocycles. The van der Waals surface area contributed by atoms with Gasteiger partial charge in [0.25, 0.3) is 0 Å². The van der Waals surface area contributed by atoms with Crippen LogP contribution in [0.1, 0.15) is 123 Å². The molecule has 0 aliphatic rings. The highest BCUT2D eigenvalue weighted by molar-refractivity contribution is 5.66. The first kappa shape index (κ1) is 31.3. The standard InChI is InChI=1S/C18H34O3.C7H17NO/c1-2-3-4-11-14-17(19)15-12-9-7-5-6-8-10-13-16-18(20)21;1-2-3-4-5-7(9)6-8/h9,12,17,19H,2-8,10-11,13-16H2,1H3,(H,20,21);7,9H,2-6,8H2,1H3/b12-9-;. The first-order valence-corrected chi connectivity index (χ1v) is 12.4. The average molecular weight is 430 g/mol. The van der Waals surface area contributed by atoms with Crippen LogP contribution >= 0.6 is 0 Å². The second-order valence-corrected chi connectivity index (χ2v) is 8.30. The highest BCUT2D eigenvalue weighted by Gasteiger charge is 2.01. The van der Waals surface area contributed by atoms with E-state index < -0.39 is 5.97 Å². The fraction of sp³-hybridized carbons (Fsp3) is 0.880. The van der Waals surface area contributed by atoms with Gasteiger partial charge in [-0.1, -0.05) is 90.2 Å². The molecule has 180 valence electrons. The van der Waals surface area contributed by atoms with Crippen molar-refractivity contribution in [3.63, 3.8) is 0 Å². The van der Waals surface area contributed by atoms with Gasteiger partial charge in [-0.05, 0) is 38.5 Å².